The number of fused-ring (bicyclic) bond motifs is 1. The molecule has 0 atom stereocenters. The molecule has 0 unspecified atom stereocenters. The lowest BCUT2D eigenvalue weighted by molar-refractivity contribution is 0.308. The van der Waals surface area contributed by atoms with Crippen LogP contribution < -0.4 is 4.90 Å². The zero-order valence-electron chi connectivity index (χ0n) is 13.0. The second kappa shape index (κ2) is 5.68. The van der Waals surface area contributed by atoms with Crippen LogP contribution in [0, 0.1) is 0 Å². The van der Waals surface area contributed by atoms with Crippen molar-refractivity contribution in [2.75, 3.05) is 31.6 Å². The van der Waals surface area contributed by atoms with Gasteiger partial charge in [-0.2, -0.15) is 0 Å². The Morgan fingerprint density at radius 2 is 2.00 bits per heavy atom. The third-order valence-electron chi connectivity index (χ3n) is 4.88. The zero-order chi connectivity index (χ0) is 14.9. The van der Waals surface area contributed by atoms with Crippen LogP contribution in [-0.2, 0) is 13.0 Å². The number of nitrogens with zero attached hydrogens (tertiary/aromatic N) is 6. The number of hydrogen-bond acceptors (Lipinski definition) is 5. The molecule has 2 aromatic heterocycles. The van der Waals surface area contributed by atoms with Crippen LogP contribution in [0.15, 0.2) is 25.0 Å². The Bertz CT molecular complexity index is 630. The highest BCUT2D eigenvalue weighted by Crippen LogP contribution is 2.30. The molecular formula is C16H22N6. The Labute approximate surface area is 130 Å². The molecule has 6 nitrogen and oxygen atoms in total. The molecule has 0 N–H and O–H groups in total. The van der Waals surface area contributed by atoms with Crippen molar-refractivity contribution in [3.63, 3.8) is 0 Å². The van der Waals surface area contributed by atoms with Gasteiger partial charge in [-0.25, -0.2) is 15.0 Å². The van der Waals surface area contributed by atoms with E-state index in [0.29, 0.717) is 6.04 Å². The van der Waals surface area contributed by atoms with Gasteiger partial charge in [-0.1, -0.05) is 0 Å². The minimum Gasteiger partial charge on any atom is -0.356 e. The van der Waals surface area contributed by atoms with Crippen molar-refractivity contribution in [1.82, 2.24) is 24.4 Å². The topological polar surface area (TPSA) is 50.1 Å². The molecular weight excluding hydrogens is 276 g/mol. The van der Waals surface area contributed by atoms with E-state index in [0.717, 1.165) is 51.3 Å². The first kappa shape index (κ1) is 13.7. The van der Waals surface area contributed by atoms with Crippen LogP contribution in [0.3, 0.4) is 0 Å². The largest absolute Gasteiger partial charge is 0.356 e. The van der Waals surface area contributed by atoms with E-state index in [1.807, 2.05) is 12.5 Å². The molecule has 2 aliphatic rings. The molecule has 4 rings (SSSR count). The fourth-order valence-corrected chi connectivity index (χ4v) is 3.60. The van der Waals surface area contributed by atoms with Crippen LogP contribution in [0.1, 0.15) is 30.1 Å². The maximum absolute atomic E-state index is 4.61. The van der Waals surface area contributed by atoms with E-state index in [1.54, 1.807) is 6.33 Å². The summed E-state index contributed by atoms with van der Waals surface area (Å²) in [4.78, 5) is 18.1. The van der Waals surface area contributed by atoms with Crippen molar-refractivity contribution in [3.8, 4) is 0 Å². The van der Waals surface area contributed by atoms with Gasteiger partial charge in [0.15, 0.2) is 0 Å². The van der Waals surface area contributed by atoms with Crippen LogP contribution in [0.4, 0.5) is 5.82 Å². The van der Waals surface area contributed by atoms with Crippen molar-refractivity contribution in [3.05, 3.63) is 36.3 Å². The molecule has 0 spiro atoms. The molecule has 0 aromatic carbocycles. The highest BCUT2D eigenvalue weighted by molar-refractivity contribution is 5.49. The van der Waals surface area contributed by atoms with E-state index in [2.05, 4.69) is 42.6 Å². The Kier molecular flexibility index (Phi) is 3.54. The first-order valence-corrected chi connectivity index (χ1v) is 8.05. The fourth-order valence-electron chi connectivity index (χ4n) is 3.60. The second-order valence-electron chi connectivity index (χ2n) is 6.34. The Morgan fingerprint density at radius 3 is 2.77 bits per heavy atom. The van der Waals surface area contributed by atoms with Crippen LogP contribution >= 0.6 is 0 Å². The van der Waals surface area contributed by atoms with Gasteiger partial charge >= 0.3 is 0 Å². The van der Waals surface area contributed by atoms with E-state index in [4.69, 9.17) is 0 Å². The Hall–Kier alpha value is -1.95. The monoisotopic (exact) mass is 298 g/mol. The van der Waals surface area contributed by atoms with Crippen LogP contribution in [0.25, 0.3) is 0 Å². The molecule has 2 aliphatic heterocycles. The maximum atomic E-state index is 4.61. The smallest absolute Gasteiger partial charge is 0.136 e. The van der Waals surface area contributed by atoms with Crippen LogP contribution in [0.5, 0.6) is 0 Å². The van der Waals surface area contributed by atoms with Crippen LogP contribution in [-0.4, -0.2) is 51.1 Å². The lowest BCUT2D eigenvalue weighted by Crippen LogP contribution is -2.37. The van der Waals surface area contributed by atoms with Crippen molar-refractivity contribution in [2.24, 2.45) is 0 Å². The standard InChI is InChI=1S/C16H22N6/c1-20-6-4-15-14(10-20)16(19-11-18-15)21-7-2-13(3-8-21)22-9-5-17-12-22/h5,9,11-13H,2-4,6-8,10H2,1H3. The summed E-state index contributed by atoms with van der Waals surface area (Å²) in [5.41, 5.74) is 2.57. The molecule has 1 saturated heterocycles. The summed E-state index contributed by atoms with van der Waals surface area (Å²) >= 11 is 0. The normalized spacial score (nSPS) is 20.1. The molecule has 1 fully saturated rings. The van der Waals surface area contributed by atoms with E-state index in [-0.39, 0.29) is 0 Å². The molecule has 22 heavy (non-hydrogen) atoms. The number of anilines is 1. The highest BCUT2D eigenvalue weighted by Gasteiger charge is 2.26. The third-order valence-corrected chi connectivity index (χ3v) is 4.88. The van der Waals surface area contributed by atoms with Gasteiger partial charge in [0.2, 0.25) is 0 Å². The summed E-state index contributed by atoms with van der Waals surface area (Å²) < 4.78 is 2.24. The van der Waals surface area contributed by atoms with Gasteiger partial charge in [0, 0.05) is 56.6 Å². The maximum Gasteiger partial charge on any atom is 0.136 e. The Balaban J connectivity index is 1.52. The Morgan fingerprint density at radius 1 is 1.14 bits per heavy atom. The van der Waals surface area contributed by atoms with E-state index < -0.39 is 0 Å². The van der Waals surface area contributed by atoms with E-state index in [1.165, 1.54) is 11.3 Å². The lowest BCUT2D eigenvalue weighted by Gasteiger charge is -2.36. The molecule has 4 heterocycles. The molecule has 116 valence electrons. The molecule has 0 aliphatic carbocycles. The molecule has 0 bridgehead atoms. The molecule has 2 aromatic rings. The minimum atomic E-state index is 0.569. The zero-order valence-corrected chi connectivity index (χ0v) is 13.0. The lowest BCUT2D eigenvalue weighted by atomic mass is 10.0. The summed E-state index contributed by atoms with van der Waals surface area (Å²) in [5, 5.41) is 0. The summed E-state index contributed by atoms with van der Waals surface area (Å²) in [5.74, 6) is 1.15. The predicted octanol–water partition coefficient (Wildman–Crippen LogP) is 1.50. The first-order chi connectivity index (χ1) is 10.8. The van der Waals surface area contributed by atoms with Gasteiger partial charge in [0.1, 0.15) is 12.1 Å². The molecule has 0 saturated carbocycles. The summed E-state index contributed by atoms with van der Waals surface area (Å²) in [6.45, 7) is 4.16. The van der Waals surface area contributed by atoms with Crippen molar-refractivity contribution in [2.45, 2.75) is 31.8 Å². The summed E-state index contributed by atoms with van der Waals surface area (Å²) in [6.07, 6.45) is 10.9. The molecule has 0 radical (unpaired) electrons. The first-order valence-electron chi connectivity index (χ1n) is 8.05. The van der Waals surface area contributed by atoms with Crippen LogP contribution in [0.2, 0.25) is 0 Å². The predicted molar refractivity (Wildman–Crippen MR) is 84.8 cm³/mol. The SMILES string of the molecule is CN1CCc2ncnc(N3CCC(n4ccnc4)CC3)c2C1. The van der Waals surface area contributed by atoms with Gasteiger partial charge in [-0.15, -0.1) is 0 Å². The number of hydrogen-bond donors (Lipinski definition) is 0. The van der Waals surface area contributed by atoms with Gasteiger partial charge in [0.05, 0.1) is 12.0 Å². The van der Waals surface area contributed by atoms with Gasteiger partial charge < -0.3 is 14.4 Å². The third kappa shape index (κ3) is 2.47. The number of aromatic nitrogens is 4. The summed E-state index contributed by atoms with van der Waals surface area (Å²) in [6, 6.07) is 0.569. The average Bonchev–Trinajstić information content (AvgIpc) is 3.09. The van der Waals surface area contributed by atoms with Gasteiger partial charge in [0.25, 0.3) is 0 Å². The minimum absolute atomic E-state index is 0.569. The summed E-state index contributed by atoms with van der Waals surface area (Å²) in [7, 11) is 2.17. The van der Waals surface area contributed by atoms with Crippen molar-refractivity contribution in [1.29, 1.82) is 0 Å². The van der Waals surface area contributed by atoms with Gasteiger partial charge in [-0.05, 0) is 19.9 Å². The number of likely N-dealkylation sites (N-methyl/N-ethyl adjacent to an activating group) is 1. The fraction of sp³-hybridized carbons (Fsp3) is 0.562. The quantitative estimate of drug-likeness (QED) is 0.841. The van der Waals surface area contributed by atoms with Crippen molar-refractivity contribution >= 4 is 5.82 Å². The number of rotatable bonds is 2. The van der Waals surface area contributed by atoms with E-state index >= 15 is 0 Å². The molecule has 6 heteroatoms. The highest BCUT2D eigenvalue weighted by atomic mass is 15.2. The van der Waals surface area contributed by atoms with Crippen molar-refractivity contribution < 1.29 is 0 Å². The second-order valence-corrected chi connectivity index (χ2v) is 6.34. The van der Waals surface area contributed by atoms with E-state index in [9.17, 15) is 0 Å². The van der Waals surface area contributed by atoms with Gasteiger partial charge in [-0.3, -0.25) is 0 Å². The number of imidazole rings is 1. The molecule has 0 amide bonds. The number of piperidine rings is 1. The average molecular weight is 298 g/mol.